The second-order valence-electron chi connectivity index (χ2n) is 5.44. The predicted molar refractivity (Wildman–Crippen MR) is 97.9 cm³/mol. The molecule has 122 valence electrons. The summed E-state index contributed by atoms with van der Waals surface area (Å²) >= 11 is 6.06. The maximum Gasteiger partial charge on any atom is 0.117 e. The van der Waals surface area contributed by atoms with Crippen molar-refractivity contribution in [1.29, 1.82) is 0 Å². The molecule has 5 heteroatoms. The monoisotopic (exact) mass is 338 g/mol. The molecule has 0 aliphatic rings. The van der Waals surface area contributed by atoms with Crippen LogP contribution in [0.5, 0.6) is 0 Å². The summed E-state index contributed by atoms with van der Waals surface area (Å²) in [5, 5.41) is 13.3. The molecule has 3 aromatic rings. The summed E-state index contributed by atoms with van der Waals surface area (Å²) in [5.74, 6) is 0. The fraction of sp³-hybridized carbons (Fsp3) is 0.158. The van der Waals surface area contributed by atoms with Crippen molar-refractivity contribution in [2.45, 2.75) is 13.1 Å². The van der Waals surface area contributed by atoms with E-state index in [2.05, 4.69) is 22.1 Å². The number of benzene rings is 2. The van der Waals surface area contributed by atoms with Crippen molar-refractivity contribution < 1.29 is 0 Å². The highest BCUT2D eigenvalue weighted by atomic mass is 35.5. The lowest BCUT2D eigenvalue weighted by molar-refractivity contribution is 0.580. The van der Waals surface area contributed by atoms with Gasteiger partial charge in [0.2, 0.25) is 0 Å². The molecule has 0 fully saturated rings. The van der Waals surface area contributed by atoms with E-state index in [-0.39, 0.29) is 0 Å². The summed E-state index contributed by atoms with van der Waals surface area (Å²) in [6, 6.07) is 17.9. The summed E-state index contributed by atoms with van der Waals surface area (Å²) in [5.41, 5.74) is 3.95. The van der Waals surface area contributed by atoms with Gasteiger partial charge in [0.15, 0.2) is 0 Å². The summed E-state index contributed by atoms with van der Waals surface area (Å²) in [7, 11) is 0. The van der Waals surface area contributed by atoms with Crippen molar-refractivity contribution in [2.24, 2.45) is 0 Å². The van der Waals surface area contributed by atoms with E-state index < -0.39 is 0 Å². The van der Waals surface area contributed by atoms with E-state index in [0.717, 1.165) is 34.1 Å². The van der Waals surface area contributed by atoms with E-state index in [1.54, 1.807) is 4.80 Å². The fourth-order valence-electron chi connectivity index (χ4n) is 2.48. The molecule has 0 radical (unpaired) electrons. The maximum absolute atomic E-state index is 6.06. The molecule has 0 amide bonds. The molecule has 0 aliphatic heterocycles. The Kier molecular flexibility index (Phi) is 5.41. The van der Waals surface area contributed by atoms with E-state index in [1.165, 1.54) is 0 Å². The zero-order chi connectivity index (χ0) is 16.8. The minimum Gasteiger partial charge on any atom is -0.308 e. The third kappa shape index (κ3) is 4.10. The predicted octanol–water partition coefficient (Wildman–Crippen LogP) is 3.92. The second kappa shape index (κ2) is 7.90. The minimum absolute atomic E-state index is 0.585. The van der Waals surface area contributed by atoms with Crippen LogP contribution < -0.4 is 5.32 Å². The van der Waals surface area contributed by atoms with E-state index >= 15 is 0 Å². The van der Waals surface area contributed by atoms with Gasteiger partial charge in [0, 0.05) is 23.7 Å². The number of rotatable bonds is 7. The van der Waals surface area contributed by atoms with Crippen LogP contribution in [0.3, 0.4) is 0 Å². The Morgan fingerprint density at radius 1 is 1.08 bits per heavy atom. The molecule has 24 heavy (non-hydrogen) atoms. The molecule has 0 unspecified atom stereocenters. The highest BCUT2D eigenvalue weighted by molar-refractivity contribution is 6.30. The van der Waals surface area contributed by atoms with Gasteiger partial charge in [-0.3, -0.25) is 0 Å². The topological polar surface area (TPSA) is 42.7 Å². The number of nitrogens with zero attached hydrogens (tertiary/aromatic N) is 3. The molecule has 0 saturated heterocycles. The van der Waals surface area contributed by atoms with Gasteiger partial charge in [-0.15, -0.1) is 6.58 Å². The molecule has 3 rings (SSSR count). The first-order chi connectivity index (χ1) is 11.8. The summed E-state index contributed by atoms with van der Waals surface area (Å²) < 4.78 is 0. The molecule has 1 aromatic heterocycles. The smallest absolute Gasteiger partial charge is 0.117 e. The van der Waals surface area contributed by atoms with Gasteiger partial charge < -0.3 is 5.32 Å². The zero-order valence-electron chi connectivity index (χ0n) is 13.3. The van der Waals surface area contributed by atoms with Crippen molar-refractivity contribution >= 4 is 11.6 Å². The van der Waals surface area contributed by atoms with Gasteiger partial charge in [0.05, 0.1) is 6.54 Å². The van der Waals surface area contributed by atoms with Crippen molar-refractivity contribution in [3.8, 4) is 11.3 Å². The van der Waals surface area contributed by atoms with Gasteiger partial charge in [0.25, 0.3) is 0 Å². The van der Waals surface area contributed by atoms with Crippen LogP contribution in [0.15, 0.2) is 67.3 Å². The molecule has 0 atom stereocenters. The zero-order valence-corrected chi connectivity index (χ0v) is 14.1. The van der Waals surface area contributed by atoms with Crippen LogP contribution in [0.2, 0.25) is 5.02 Å². The van der Waals surface area contributed by atoms with E-state index in [0.29, 0.717) is 13.1 Å². The van der Waals surface area contributed by atoms with Crippen molar-refractivity contribution in [2.75, 3.05) is 6.54 Å². The lowest BCUT2D eigenvalue weighted by atomic mass is 10.1. The number of aromatic nitrogens is 3. The maximum atomic E-state index is 6.06. The van der Waals surface area contributed by atoms with Crippen molar-refractivity contribution in [1.82, 2.24) is 20.3 Å². The summed E-state index contributed by atoms with van der Waals surface area (Å²) in [4.78, 5) is 1.72. The van der Waals surface area contributed by atoms with Crippen LogP contribution in [-0.4, -0.2) is 21.5 Å². The molecule has 0 aliphatic carbocycles. The van der Waals surface area contributed by atoms with Crippen LogP contribution in [-0.2, 0) is 13.1 Å². The molecule has 4 nitrogen and oxygen atoms in total. The highest BCUT2D eigenvalue weighted by Crippen LogP contribution is 2.20. The molecule has 2 aromatic carbocycles. The average molecular weight is 339 g/mol. The first-order valence-corrected chi connectivity index (χ1v) is 8.19. The van der Waals surface area contributed by atoms with Gasteiger partial charge >= 0.3 is 0 Å². The Balaban J connectivity index is 1.89. The lowest BCUT2D eigenvalue weighted by Crippen LogP contribution is -2.14. The molecular formula is C19H19ClN4. The Bertz CT molecular complexity index is 811. The Morgan fingerprint density at radius 2 is 1.92 bits per heavy atom. The van der Waals surface area contributed by atoms with Crippen LogP contribution >= 0.6 is 11.6 Å². The lowest BCUT2D eigenvalue weighted by Gasteiger charge is -2.01. The van der Waals surface area contributed by atoms with Crippen molar-refractivity contribution in [3.63, 3.8) is 0 Å². The first kappa shape index (κ1) is 16.4. The largest absolute Gasteiger partial charge is 0.308 e. The average Bonchev–Trinajstić information content (AvgIpc) is 2.99. The summed E-state index contributed by atoms with van der Waals surface area (Å²) in [6.07, 6.45) is 1.83. The Morgan fingerprint density at radius 3 is 2.67 bits per heavy atom. The molecule has 1 heterocycles. The fourth-order valence-corrected chi connectivity index (χ4v) is 2.70. The van der Waals surface area contributed by atoms with Gasteiger partial charge in [-0.25, -0.2) is 0 Å². The van der Waals surface area contributed by atoms with Gasteiger partial charge in [-0.05, 0) is 17.7 Å². The van der Waals surface area contributed by atoms with Crippen LogP contribution in [0.4, 0.5) is 0 Å². The normalized spacial score (nSPS) is 10.7. The number of nitrogens with one attached hydrogen (secondary N) is 1. The van der Waals surface area contributed by atoms with Crippen LogP contribution in [0.25, 0.3) is 11.3 Å². The molecule has 0 saturated carbocycles. The Labute approximate surface area is 146 Å². The van der Waals surface area contributed by atoms with Crippen LogP contribution in [0, 0.1) is 0 Å². The van der Waals surface area contributed by atoms with Crippen molar-refractivity contribution in [3.05, 3.63) is 83.5 Å². The van der Waals surface area contributed by atoms with Gasteiger partial charge in [-0.2, -0.15) is 15.0 Å². The molecule has 0 spiro atoms. The SMILES string of the molecule is C=CCNCc1nn(Cc2cccc(Cl)c2)nc1-c1ccccc1. The van der Waals surface area contributed by atoms with E-state index in [1.807, 2.05) is 60.7 Å². The number of hydrogen-bond donors (Lipinski definition) is 1. The number of hydrogen-bond acceptors (Lipinski definition) is 3. The quantitative estimate of drug-likeness (QED) is 0.524. The molecular weight excluding hydrogens is 320 g/mol. The summed E-state index contributed by atoms with van der Waals surface area (Å²) in [6.45, 7) is 5.69. The third-order valence-electron chi connectivity index (χ3n) is 3.57. The Hall–Kier alpha value is -2.43. The van der Waals surface area contributed by atoms with Gasteiger partial charge in [-0.1, -0.05) is 60.1 Å². The second-order valence-corrected chi connectivity index (χ2v) is 5.88. The van der Waals surface area contributed by atoms with Crippen LogP contribution in [0.1, 0.15) is 11.3 Å². The first-order valence-electron chi connectivity index (χ1n) is 7.82. The highest BCUT2D eigenvalue weighted by Gasteiger charge is 2.13. The van der Waals surface area contributed by atoms with E-state index in [9.17, 15) is 0 Å². The molecule has 0 bridgehead atoms. The van der Waals surface area contributed by atoms with Gasteiger partial charge in [0.1, 0.15) is 11.4 Å². The van der Waals surface area contributed by atoms with E-state index in [4.69, 9.17) is 11.6 Å². The number of halogens is 1. The minimum atomic E-state index is 0.585. The third-order valence-corrected chi connectivity index (χ3v) is 3.80. The molecule has 1 N–H and O–H groups in total. The standard InChI is InChI=1S/C19H19ClN4/c1-2-11-21-13-18-19(16-8-4-3-5-9-16)23-24(22-18)14-15-7-6-10-17(20)12-15/h2-10,12,21H,1,11,13-14H2.